The third kappa shape index (κ3) is 3.20. The zero-order chi connectivity index (χ0) is 14.7. The van der Waals surface area contributed by atoms with Crippen LogP contribution < -0.4 is 5.32 Å². The maximum atomic E-state index is 4.39. The molecular weight excluding hydrogens is 262 g/mol. The fraction of sp³-hybridized carbons (Fsp3) is 0.250. The maximum Gasteiger partial charge on any atom is 0.0645 e. The van der Waals surface area contributed by atoms with Crippen LogP contribution in [0.5, 0.6) is 0 Å². The van der Waals surface area contributed by atoms with Crippen LogP contribution in [0.1, 0.15) is 16.8 Å². The van der Waals surface area contributed by atoms with Gasteiger partial charge in [0.2, 0.25) is 0 Å². The van der Waals surface area contributed by atoms with E-state index in [1.165, 1.54) is 11.1 Å². The van der Waals surface area contributed by atoms with Crippen LogP contribution in [0, 0.1) is 6.92 Å². The van der Waals surface area contributed by atoms with Gasteiger partial charge in [-0.05, 0) is 19.1 Å². The van der Waals surface area contributed by atoms with Crippen molar-refractivity contribution in [1.29, 1.82) is 0 Å². The van der Waals surface area contributed by atoms with Gasteiger partial charge in [0, 0.05) is 43.7 Å². The third-order valence-electron chi connectivity index (χ3n) is 3.42. The summed E-state index contributed by atoms with van der Waals surface area (Å²) in [5.74, 6) is 0. The van der Waals surface area contributed by atoms with Gasteiger partial charge in [0.15, 0.2) is 0 Å². The Labute approximate surface area is 124 Å². The second-order valence-corrected chi connectivity index (χ2v) is 5.15. The smallest absolute Gasteiger partial charge is 0.0645 e. The van der Waals surface area contributed by atoms with Crippen LogP contribution in [0.3, 0.4) is 0 Å². The summed E-state index contributed by atoms with van der Waals surface area (Å²) >= 11 is 0. The molecule has 1 N–H and O–H groups in total. The number of aryl methyl sites for hydroxylation is 2. The molecule has 0 aliphatic heterocycles. The molecule has 1 aromatic carbocycles. The van der Waals surface area contributed by atoms with Crippen molar-refractivity contribution in [2.75, 3.05) is 0 Å². The molecule has 2 heterocycles. The van der Waals surface area contributed by atoms with Gasteiger partial charge in [-0.3, -0.25) is 4.68 Å². The van der Waals surface area contributed by atoms with Gasteiger partial charge < -0.3 is 5.32 Å². The van der Waals surface area contributed by atoms with Crippen molar-refractivity contribution in [2.45, 2.75) is 20.0 Å². The molecule has 2 aromatic heterocycles. The van der Waals surface area contributed by atoms with Gasteiger partial charge in [0.1, 0.15) is 0 Å². The van der Waals surface area contributed by atoms with E-state index in [4.69, 9.17) is 0 Å². The van der Waals surface area contributed by atoms with E-state index in [1.54, 1.807) is 0 Å². The molecule has 0 fully saturated rings. The van der Waals surface area contributed by atoms with E-state index in [0.717, 1.165) is 24.5 Å². The first kappa shape index (κ1) is 13.6. The predicted octanol–water partition coefficient (Wildman–Crippen LogP) is 2.20. The number of rotatable bonds is 5. The standard InChI is InChI=1S/C16H19N5/c1-13-15(12-20(2)19-13)10-17-8-14-9-18-21(11-14)16-6-4-3-5-7-16/h3-7,9,11-12,17H,8,10H2,1-2H3. The average Bonchev–Trinajstić information content (AvgIpc) is 3.07. The first-order valence-corrected chi connectivity index (χ1v) is 7.01. The van der Waals surface area contributed by atoms with E-state index < -0.39 is 0 Å². The SMILES string of the molecule is Cc1nn(C)cc1CNCc1cnn(-c2ccccc2)c1. The summed E-state index contributed by atoms with van der Waals surface area (Å²) in [6, 6.07) is 10.1. The molecule has 0 radical (unpaired) electrons. The van der Waals surface area contributed by atoms with Crippen LogP contribution in [-0.2, 0) is 20.1 Å². The minimum atomic E-state index is 0.793. The summed E-state index contributed by atoms with van der Waals surface area (Å²) in [5, 5.41) is 12.2. The second kappa shape index (κ2) is 5.93. The number of nitrogens with zero attached hydrogens (tertiary/aromatic N) is 4. The molecule has 0 saturated carbocycles. The van der Waals surface area contributed by atoms with Crippen LogP contribution >= 0.6 is 0 Å². The van der Waals surface area contributed by atoms with Crippen LogP contribution in [0.25, 0.3) is 5.69 Å². The lowest BCUT2D eigenvalue weighted by molar-refractivity contribution is 0.690. The molecule has 0 aliphatic carbocycles. The fourth-order valence-electron chi connectivity index (χ4n) is 2.34. The van der Waals surface area contributed by atoms with E-state index in [0.29, 0.717) is 0 Å². The van der Waals surface area contributed by atoms with Crippen LogP contribution in [0.15, 0.2) is 48.9 Å². The Bertz CT molecular complexity index is 711. The zero-order valence-corrected chi connectivity index (χ0v) is 12.3. The van der Waals surface area contributed by atoms with E-state index in [2.05, 4.69) is 27.9 Å². The Kier molecular flexibility index (Phi) is 3.83. The highest BCUT2D eigenvalue weighted by Crippen LogP contribution is 2.08. The van der Waals surface area contributed by atoms with Crippen molar-refractivity contribution in [2.24, 2.45) is 7.05 Å². The Hall–Kier alpha value is -2.40. The van der Waals surface area contributed by atoms with Gasteiger partial charge in [-0.1, -0.05) is 18.2 Å². The van der Waals surface area contributed by atoms with Crippen molar-refractivity contribution in [3.63, 3.8) is 0 Å². The molecule has 5 nitrogen and oxygen atoms in total. The first-order valence-electron chi connectivity index (χ1n) is 7.01. The molecule has 5 heteroatoms. The summed E-state index contributed by atoms with van der Waals surface area (Å²) in [6.07, 6.45) is 6.00. The highest BCUT2D eigenvalue weighted by molar-refractivity contribution is 5.30. The van der Waals surface area contributed by atoms with Crippen molar-refractivity contribution < 1.29 is 0 Å². The van der Waals surface area contributed by atoms with E-state index in [9.17, 15) is 0 Å². The van der Waals surface area contributed by atoms with Crippen molar-refractivity contribution in [3.8, 4) is 5.69 Å². The molecule has 0 unspecified atom stereocenters. The molecule has 0 saturated heterocycles. The average molecular weight is 281 g/mol. The molecular formula is C16H19N5. The number of hydrogen-bond acceptors (Lipinski definition) is 3. The molecule has 0 amide bonds. The normalized spacial score (nSPS) is 11.0. The zero-order valence-electron chi connectivity index (χ0n) is 12.3. The Morgan fingerprint density at radius 3 is 2.62 bits per heavy atom. The summed E-state index contributed by atoms with van der Waals surface area (Å²) in [5.41, 5.74) is 4.55. The van der Waals surface area contributed by atoms with Gasteiger partial charge in [-0.15, -0.1) is 0 Å². The minimum absolute atomic E-state index is 0.793. The number of aromatic nitrogens is 4. The van der Waals surface area contributed by atoms with Gasteiger partial charge >= 0.3 is 0 Å². The Balaban J connectivity index is 1.59. The Morgan fingerprint density at radius 1 is 1.10 bits per heavy atom. The van der Waals surface area contributed by atoms with Crippen LogP contribution in [-0.4, -0.2) is 19.6 Å². The maximum absolute atomic E-state index is 4.39. The molecule has 108 valence electrons. The third-order valence-corrected chi connectivity index (χ3v) is 3.42. The number of para-hydroxylation sites is 1. The molecule has 3 aromatic rings. The number of hydrogen-bond donors (Lipinski definition) is 1. The topological polar surface area (TPSA) is 47.7 Å². The summed E-state index contributed by atoms with van der Waals surface area (Å²) < 4.78 is 3.74. The quantitative estimate of drug-likeness (QED) is 0.780. The lowest BCUT2D eigenvalue weighted by atomic mass is 10.2. The second-order valence-electron chi connectivity index (χ2n) is 5.15. The lowest BCUT2D eigenvalue weighted by Crippen LogP contribution is -2.12. The van der Waals surface area contributed by atoms with E-state index in [-0.39, 0.29) is 0 Å². The van der Waals surface area contributed by atoms with Crippen molar-refractivity contribution in [1.82, 2.24) is 24.9 Å². The predicted molar refractivity (Wildman–Crippen MR) is 82.1 cm³/mol. The fourth-order valence-corrected chi connectivity index (χ4v) is 2.34. The van der Waals surface area contributed by atoms with Crippen molar-refractivity contribution >= 4 is 0 Å². The van der Waals surface area contributed by atoms with E-state index in [1.807, 2.05) is 59.9 Å². The summed E-state index contributed by atoms with van der Waals surface area (Å²) in [6.45, 7) is 3.64. The van der Waals surface area contributed by atoms with Crippen LogP contribution in [0.2, 0.25) is 0 Å². The monoisotopic (exact) mass is 281 g/mol. The molecule has 0 spiro atoms. The highest BCUT2D eigenvalue weighted by Gasteiger charge is 2.04. The van der Waals surface area contributed by atoms with Gasteiger partial charge in [-0.25, -0.2) is 4.68 Å². The highest BCUT2D eigenvalue weighted by atomic mass is 15.3. The molecule has 3 rings (SSSR count). The van der Waals surface area contributed by atoms with Crippen LogP contribution in [0.4, 0.5) is 0 Å². The number of benzene rings is 1. The largest absolute Gasteiger partial charge is 0.308 e. The summed E-state index contributed by atoms with van der Waals surface area (Å²) in [7, 11) is 1.94. The van der Waals surface area contributed by atoms with Gasteiger partial charge in [0.25, 0.3) is 0 Å². The van der Waals surface area contributed by atoms with Gasteiger partial charge in [0.05, 0.1) is 17.6 Å². The lowest BCUT2D eigenvalue weighted by Gasteiger charge is -2.02. The molecule has 0 bridgehead atoms. The summed E-state index contributed by atoms with van der Waals surface area (Å²) in [4.78, 5) is 0. The number of nitrogens with one attached hydrogen (secondary N) is 1. The van der Waals surface area contributed by atoms with Gasteiger partial charge in [-0.2, -0.15) is 10.2 Å². The Morgan fingerprint density at radius 2 is 1.90 bits per heavy atom. The minimum Gasteiger partial charge on any atom is -0.308 e. The van der Waals surface area contributed by atoms with Crippen molar-refractivity contribution in [3.05, 3.63) is 65.7 Å². The molecule has 21 heavy (non-hydrogen) atoms. The molecule has 0 aliphatic rings. The van der Waals surface area contributed by atoms with E-state index >= 15 is 0 Å². The first-order chi connectivity index (χ1) is 10.2. The molecule has 0 atom stereocenters.